The molecule has 1 atom stereocenters. The lowest BCUT2D eigenvalue weighted by molar-refractivity contribution is 0.222. The van der Waals surface area contributed by atoms with Gasteiger partial charge in [-0.15, -0.1) is 0 Å². The van der Waals surface area contributed by atoms with Crippen LogP contribution in [0.15, 0.2) is 30.3 Å². The number of carbonyl (C=O) groups excluding carboxylic acids is 1. The van der Waals surface area contributed by atoms with E-state index in [0.717, 1.165) is 18.4 Å². The van der Waals surface area contributed by atoms with E-state index in [2.05, 4.69) is 0 Å². The molecule has 18 heavy (non-hydrogen) atoms. The van der Waals surface area contributed by atoms with Gasteiger partial charge in [-0.05, 0) is 18.4 Å². The van der Waals surface area contributed by atoms with Crippen molar-refractivity contribution >= 4 is 16.0 Å². The molecular weight excluding hydrogens is 246 g/mol. The highest BCUT2D eigenvalue weighted by Crippen LogP contribution is 2.07. The van der Waals surface area contributed by atoms with E-state index in [-0.39, 0.29) is 5.24 Å². The van der Waals surface area contributed by atoms with Crippen molar-refractivity contribution in [2.75, 3.05) is 13.1 Å². The van der Waals surface area contributed by atoms with Crippen LogP contribution in [0.2, 0.25) is 0 Å². The second-order valence-corrected chi connectivity index (χ2v) is 5.56. The van der Waals surface area contributed by atoms with Gasteiger partial charge in [-0.2, -0.15) is 0 Å². The Morgan fingerprint density at radius 2 is 1.67 bits per heavy atom. The van der Waals surface area contributed by atoms with Crippen molar-refractivity contribution in [3.05, 3.63) is 35.9 Å². The molecule has 100 valence electrons. The second-order valence-electron chi connectivity index (χ2n) is 4.23. The summed E-state index contributed by atoms with van der Waals surface area (Å²) in [6, 6.07) is 9.50. The third kappa shape index (κ3) is 4.61. The summed E-state index contributed by atoms with van der Waals surface area (Å²) in [6.45, 7) is 5.42. The second kappa shape index (κ2) is 8.03. The van der Waals surface area contributed by atoms with E-state index in [4.69, 9.17) is 0 Å². The first-order valence-corrected chi connectivity index (χ1v) is 7.72. The molecule has 0 radical (unpaired) electrons. The topological polar surface area (TPSA) is 37.4 Å². The van der Waals surface area contributed by atoms with Gasteiger partial charge in [-0.1, -0.05) is 44.2 Å². The summed E-state index contributed by atoms with van der Waals surface area (Å²) in [6.07, 6.45) is 1.79. The van der Waals surface area contributed by atoms with Crippen LogP contribution in [0.4, 0.5) is 4.79 Å². The summed E-state index contributed by atoms with van der Waals surface area (Å²) in [5, 5.41) is -0.234. The SMILES string of the molecule is CCCN(CCC)C(=O)S(=O)Cc1ccccc1. The van der Waals surface area contributed by atoms with E-state index >= 15 is 0 Å². The van der Waals surface area contributed by atoms with Crippen molar-refractivity contribution < 1.29 is 9.00 Å². The van der Waals surface area contributed by atoms with Crippen molar-refractivity contribution in [3.63, 3.8) is 0 Å². The van der Waals surface area contributed by atoms with Crippen LogP contribution < -0.4 is 0 Å². The lowest BCUT2D eigenvalue weighted by atomic mass is 10.2. The molecule has 0 aliphatic carbocycles. The molecule has 1 aromatic rings. The van der Waals surface area contributed by atoms with Crippen LogP contribution in [0.3, 0.4) is 0 Å². The minimum Gasteiger partial charge on any atom is -0.332 e. The van der Waals surface area contributed by atoms with E-state index in [1.165, 1.54) is 0 Å². The van der Waals surface area contributed by atoms with Gasteiger partial charge in [0, 0.05) is 13.1 Å². The number of carbonyl (C=O) groups is 1. The van der Waals surface area contributed by atoms with E-state index in [0.29, 0.717) is 18.8 Å². The summed E-state index contributed by atoms with van der Waals surface area (Å²) < 4.78 is 12.0. The third-order valence-electron chi connectivity index (χ3n) is 2.58. The van der Waals surface area contributed by atoms with Gasteiger partial charge in [-0.3, -0.25) is 4.79 Å². The fourth-order valence-electron chi connectivity index (χ4n) is 1.77. The molecule has 1 aromatic carbocycles. The normalized spacial score (nSPS) is 12.1. The molecule has 0 N–H and O–H groups in total. The highest BCUT2D eigenvalue weighted by Gasteiger charge is 2.19. The molecule has 0 saturated carbocycles. The Balaban J connectivity index is 2.62. The van der Waals surface area contributed by atoms with Gasteiger partial charge < -0.3 is 4.90 Å². The maximum absolute atomic E-state index is 12.1. The molecular formula is C14H21NO2S. The Labute approximate surface area is 112 Å². The quantitative estimate of drug-likeness (QED) is 0.794. The Bertz CT molecular complexity index is 386. The van der Waals surface area contributed by atoms with Crippen LogP contribution >= 0.6 is 0 Å². The van der Waals surface area contributed by atoms with Crippen LogP contribution in [0.5, 0.6) is 0 Å². The first-order chi connectivity index (χ1) is 8.69. The summed E-state index contributed by atoms with van der Waals surface area (Å²) in [4.78, 5) is 13.8. The minimum absolute atomic E-state index is 0.234. The summed E-state index contributed by atoms with van der Waals surface area (Å²) in [7, 11) is -1.46. The molecule has 4 heteroatoms. The number of hydrogen-bond donors (Lipinski definition) is 0. The molecule has 0 aliphatic rings. The van der Waals surface area contributed by atoms with E-state index < -0.39 is 10.8 Å². The average Bonchev–Trinajstić information content (AvgIpc) is 2.39. The number of amides is 1. The molecule has 0 aromatic heterocycles. The van der Waals surface area contributed by atoms with Crippen molar-refractivity contribution in [2.45, 2.75) is 32.4 Å². The Morgan fingerprint density at radius 1 is 1.11 bits per heavy atom. The van der Waals surface area contributed by atoms with E-state index in [9.17, 15) is 9.00 Å². The lowest BCUT2D eigenvalue weighted by Crippen LogP contribution is -2.34. The maximum Gasteiger partial charge on any atom is 0.312 e. The van der Waals surface area contributed by atoms with Crippen LogP contribution in [-0.2, 0) is 16.6 Å². The molecule has 1 rings (SSSR count). The molecule has 0 spiro atoms. The summed E-state index contributed by atoms with van der Waals surface area (Å²) in [5.74, 6) is 0.309. The predicted molar refractivity (Wildman–Crippen MR) is 75.8 cm³/mol. The predicted octanol–water partition coefficient (Wildman–Crippen LogP) is 3.18. The van der Waals surface area contributed by atoms with Gasteiger partial charge in [0.25, 0.3) is 0 Å². The first-order valence-electron chi connectivity index (χ1n) is 6.40. The van der Waals surface area contributed by atoms with E-state index in [1.807, 2.05) is 44.2 Å². The zero-order valence-electron chi connectivity index (χ0n) is 11.1. The van der Waals surface area contributed by atoms with Crippen LogP contribution in [0, 0.1) is 0 Å². The number of benzene rings is 1. The van der Waals surface area contributed by atoms with Gasteiger partial charge in [0.05, 0.1) is 5.75 Å². The number of rotatable bonds is 6. The Morgan fingerprint density at radius 3 is 2.17 bits per heavy atom. The molecule has 1 unspecified atom stereocenters. The van der Waals surface area contributed by atoms with Gasteiger partial charge in [0.1, 0.15) is 10.8 Å². The fraction of sp³-hybridized carbons (Fsp3) is 0.500. The van der Waals surface area contributed by atoms with Crippen LogP contribution in [0.25, 0.3) is 0 Å². The highest BCUT2D eigenvalue weighted by atomic mass is 32.2. The van der Waals surface area contributed by atoms with Gasteiger partial charge in [0.15, 0.2) is 0 Å². The summed E-state index contributed by atoms with van der Waals surface area (Å²) in [5.41, 5.74) is 0.942. The minimum atomic E-state index is -1.46. The highest BCUT2D eigenvalue weighted by molar-refractivity contribution is 7.99. The zero-order valence-corrected chi connectivity index (χ0v) is 11.9. The maximum atomic E-state index is 12.1. The zero-order chi connectivity index (χ0) is 13.4. The largest absolute Gasteiger partial charge is 0.332 e. The van der Waals surface area contributed by atoms with Crippen LogP contribution in [0.1, 0.15) is 32.3 Å². The van der Waals surface area contributed by atoms with E-state index in [1.54, 1.807) is 4.90 Å². The van der Waals surface area contributed by atoms with Crippen molar-refractivity contribution in [1.82, 2.24) is 4.90 Å². The Hall–Kier alpha value is -1.16. The molecule has 0 bridgehead atoms. The number of nitrogens with zero attached hydrogens (tertiary/aromatic N) is 1. The third-order valence-corrected chi connectivity index (χ3v) is 3.82. The van der Waals surface area contributed by atoms with Gasteiger partial charge in [-0.25, -0.2) is 4.21 Å². The van der Waals surface area contributed by atoms with Crippen molar-refractivity contribution in [3.8, 4) is 0 Å². The standard InChI is InChI=1S/C14H21NO2S/c1-3-10-15(11-4-2)14(16)18(17)12-13-8-6-5-7-9-13/h5-9H,3-4,10-12H2,1-2H3. The Kier molecular flexibility index (Phi) is 6.65. The van der Waals surface area contributed by atoms with Crippen LogP contribution in [-0.4, -0.2) is 27.4 Å². The monoisotopic (exact) mass is 267 g/mol. The first kappa shape index (κ1) is 14.9. The molecule has 1 amide bonds. The smallest absolute Gasteiger partial charge is 0.312 e. The molecule has 0 heterocycles. The fourth-order valence-corrected chi connectivity index (χ4v) is 2.85. The van der Waals surface area contributed by atoms with Gasteiger partial charge in [0.2, 0.25) is 0 Å². The van der Waals surface area contributed by atoms with Crippen molar-refractivity contribution in [2.24, 2.45) is 0 Å². The summed E-state index contributed by atoms with van der Waals surface area (Å²) >= 11 is 0. The molecule has 3 nitrogen and oxygen atoms in total. The molecule has 0 saturated heterocycles. The molecule has 0 fully saturated rings. The average molecular weight is 267 g/mol. The van der Waals surface area contributed by atoms with Crippen molar-refractivity contribution in [1.29, 1.82) is 0 Å². The molecule has 0 aliphatic heterocycles. The van der Waals surface area contributed by atoms with Gasteiger partial charge >= 0.3 is 5.24 Å². The number of hydrogen-bond acceptors (Lipinski definition) is 2. The lowest BCUT2D eigenvalue weighted by Gasteiger charge is -2.20.